The molecule has 3 nitrogen and oxygen atoms in total. The molecule has 0 aromatic rings. The summed E-state index contributed by atoms with van der Waals surface area (Å²) in [6, 6.07) is 0.599. The Morgan fingerprint density at radius 1 is 0.952 bits per heavy atom. The summed E-state index contributed by atoms with van der Waals surface area (Å²) in [5.41, 5.74) is 0. The fraction of sp³-hybridized carbons (Fsp3) is 0.944. The molecule has 2 saturated carbocycles. The topological polar surface area (TPSA) is 32.3 Å². The maximum atomic E-state index is 12.8. The Bertz CT molecular complexity index is 377. The fourth-order valence-corrected chi connectivity index (χ4v) is 5.73. The molecule has 1 N–H and O–H groups in total. The van der Waals surface area contributed by atoms with E-state index < -0.39 is 0 Å². The van der Waals surface area contributed by atoms with Gasteiger partial charge in [0.2, 0.25) is 5.91 Å². The molecule has 2 aliphatic carbocycles. The van der Waals surface area contributed by atoms with Gasteiger partial charge in [-0.2, -0.15) is 0 Å². The lowest BCUT2D eigenvalue weighted by molar-refractivity contribution is -0.134. The Balaban J connectivity index is 1.35. The Hall–Kier alpha value is -0.570. The molecular weight excluding hydrogens is 260 g/mol. The third-order valence-electron chi connectivity index (χ3n) is 6.65. The van der Waals surface area contributed by atoms with Crippen LogP contribution >= 0.6 is 0 Å². The van der Waals surface area contributed by atoms with Crippen molar-refractivity contribution in [1.82, 2.24) is 10.2 Å². The van der Waals surface area contributed by atoms with Crippen LogP contribution in [-0.2, 0) is 4.79 Å². The van der Waals surface area contributed by atoms with Crippen LogP contribution in [0.15, 0.2) is 0 Å². The molecule has 0 radical (unpaired) electrons. The predicted octanol–water partition coefficient (Wildman–Crippen LogP) is 2.80. The standard InChI is InChI=1S/C18H30N2O/c21-18(2-1-13-3-5-19-6-4-13)20-12-16-8-14-7-15(9-16)11-17(20)10-14/h13-17,19H,1-12H2. The third-order valence-corrected chi connectivity index (χ3v) is 6.65. The van der Waals surface area contributed by atoms with Gasteiger partial charge in [0.1, 0.15) is 0 Å². The van der Waals surface area contributed by atoms with Crippen molar-refractivity contribution in [3.63, 3.8) is 0 Å². The molecule has 5 fully saturated rings. The molecule has 3 heteroatoms. The summed E-state index contributed by atoms with van der Waals surface area (Å²) in [6.45, 7) is 3.38. The van der Waals surface area contributed by atoms with Gasteiger partial charge in [0.05, 0.1) is 0 Å². The van der Waals surface area contributed by atoms with Crippen LogP contribution in [-0.4, -0.2) is 36.5 Å². The van der Waals surface area contributed by atoms with Gasteiger partial charge in [-0.15, -0.1) is 0 Å². The molecule has 3 saturated heterocycles. The first kappa shape index (κ1) is 14.0. The van der Waals surface area contributed by atoms with E-state index in [1.807, 2.05) is 0 Å². The van der Waals surface area contributed by atoms with Crippen LogP contribution in [0.2, 0.25) is 0 Å². The van der Waals surface area contributed by atoms with Crippen LogP contribution < -0.4 is 5.32 Å². The van der Waals surface area contributed by atoms with Crippen molar-refractivity contribution in [3.05, 3.63) is 0 Å². The quantitative estimate of drug-likeness (QED) is 0.867. The van der Waals surface area contributed by atoms with E-state index in [2.05, 4.69) is 10.2 Å². The summed E-state index contributed by atoms with van der Waals surface area (Å²) < 4.78 is 0. The second-order valence-corrected chi connectivity index (χ2v) is 8.21. The van der Waals surface area contributed by atoms with E-state index in [0.717, 1.165) is 56.1 Å². The van der Waals surface area contributed by atoms with Gasteiger partial charge in [-0.3, -0.25) is 4.79 Å². The first-order valence-corrected chi connectivity index (χ1v) is 9.28. The number of hydrogen-bond acceptors (Lipinski definition) is 2. The summed E-state index contributed by atoms with van der Waals surface area (Å²) in [6.07, 6.45) is 11.4. The first-order valence-electron chi connectivity index (χ1n) is 9.28. The van der Waals surface area contributed by atoms with Gasteiger partial charge >= 0.3 is 0 Å². The monoisotopic (exact) mass is 290 g/mol. The zero-order chi connectivity index (χ0) is 14.2. The van der Waals surface area contributed by atoms with E-state index >= 15 is 0 Å². The number of amides is 1. The van der Waals surface area contributed by atoms with Crippen LogP contribution in [0.5, 0.6) is 0 Å². The predicted molar refractivity (Wildman–Crippen MR) is 83.9 cm³/mol. The van der Waals surface area contributed by atoms with Crippen LogP contribution in [0.4, 0.5) is 0 Å². The highest BCUT2D eigenvalue weighted by molar-refractivity contribution is 5.76. The SMILES string of the molecule is O=C(CCC1CCNCC1)N1CC2CC3CC(C2)CC1C3. The molecule has 0 aromatic carbocycles. The largest absolute Gasteiger partial charge is 0.339 e. The minimum atomic E-state index is 0.478. The number of carbonyl (C=O) groups excluding carboxylic acids is 1. The number of rotatable bonds is 3. The van der Waals surface area contributed by atoms with Gasteiger partial charge in [-0.25, -0.2) is 0 Å². The molecule has 2 unspecified atom stereocenters. The molecule has 3 aliphatic heterocycles. The minimum absolute atomic E-state index is 0.478. The van der Waals surface area contributed by atoms with Crippen molar-refractivity contribution < 1.29 is 4.79 Å². The lowest BCUT2D eigenvalue weighted by atomic mass is 9.68. The normalized spacial score (nSPS) is 39.5. The van der Waals surface area contributed by atoms with Crippen LogP contribution in [0.25, 0.3) is 0 Å². The molecule has 21 heavy (non-hydrogen) atoms. The number of piperidine rings is 1. The van der Waals surface area contributed by atoms with Crippen molar-refractivity contribution in [2.45, 2.75) is 63.8 Å². The number of fused-ring (bicyclic) bond motifs is 1. The van der Waals surface area contributed by atoms with E-state index in [9.17, 15) is 4.79 Å². The van der Waals surface area contributed by atoms with Crippen molar-refractivity contribution >= 4 is 5.91 Å². The summed E-state index contributed by atoms with van der Waals surface area (Å²) in [5.74, 6) is 3.97. The van der Waals surface area contributed by atoms with Crippen molar-refractivity contribution in [2.24, 2.45) is 23.7 Å². The summed E-state index contributed by atoms with van der Waals surface area (Å²) >= 11 is 0. The van der Waals surface area contributed by atoms with E-state index in [1.54, 1.807) is 0 Å². The molecule has 5 aliphatic rings. The summed E-state index contributed by atoms with van der Waals surface area (Å²) in [4.78, 5) is 15.1. The van der Waals surface area contributed by atoms with Gasteiger partial charge < -0.3 is 10.2 Å². The highest BCUT2D eigenvalue weighted by atomic mass is 16.2. The Labute approximate surface area is 128 Å². The molecule has 3 heterocycles. The van der Waals surface area contributed by atoms with Gasteiger partial charge in [0, 0.05) is 19.0 Å². The lowest BCUT2D eigenvalue weighted by Gasteiger charge is -2.39. The van der Waals surface area contributed by atoms with Crippen molar-refractivity contribution in [3.8, 4) is 0 Å². The molecule has 1 amide bonds. The van der Waals surface area contributed by atoms with Gasteiger partial charge in [0.25, 0.3) is 0 Å². The zero-order valence-corrected chi connectivity index (χ0v) is 13.2. The molecule has 118 valence electrons. The maximum Gasteiger partial charge on any atom is 0.222 e. The van der Waals surface area contributed by atoms with Crippen LogP contribution in [0.1, 0.15) is 57.8 Å². The number of hydrogen-bond donors (Lipinski definition) is 1. The Kier molecular flexibility index (Phi) is 3.95. The van der Waals surface area contributed by atoms with Gasteiger partial charge in [0.15, 0.2) is 0 Å². The second-order valence-electron chi connectivity index (χ2n) is 8.21. The van der Waals surface area contributed by atoms with E-state index in [0.29, 0.717) is 11.9 Å². The Morgan fingerprint density at radius 3 is 2.33 bits per heavy atom. The molecule has 2 atom stereocenters. The molecule has 5 rings (SSSR count). The van der Waals surface area contributed by atoms with Crippen LogP contribution in [0.3, 0.4) is 0 Å². The highest BCUT2D eigenvalue weighted by Crippen LogP contribution is 2.47. The number of nitrogens with one attached hydrogen (secondary N) is 1. The number of carbonyl (C=O) groups is 1. The van der Waals surface area contributed by atoms with Gasteiger partial charge in [-0.1, -0.05) is 0 Å². The maximum absolute atomic E-state index is 12.8. The molecular formula is C18H30N2O. The van der Waals surface area contributed by atoms with Gasteiger partial charge in [-0.05, 0) is 88.1 Å². The average Bonchev–Trinajstić information content (AvgIpc) is 2.70. The second kappa shape index (κ2) is 5.91. The number of nitrogens with zero attached hydrogens (tertiary/aromatic N) is 1. The van der Waals surface area contributed by atoms with Crippen LogP contribution in [0, 0.1) is 23.7 Å². The molecule has 0 spiro atoms. The molecule has 0 aromatic heterocycles. The summed E-state index contributed by atoms with van der Waals surface area (Å²) in [7, 11) is 0. The third kappa shape index (κ3) is 2.99. The van der Waals surface area contributed by atoms with E-state index in [-0.39, 0.29) is 0 Å². The average molecular weight is 290 g/mol. The minimum Gasteiger partial charge on any atom is -0.339 e. The lowest BCUT2D eigenvalue weighted by Crippen LogP contribution is -2.42. The highest BCUT2D eigenvalue weighted by Gasteiger charge is 2.43. The first-order chi connectivity index (χ1) is 10.3. The zero-order valence-electron chi connectivity index (χ0n) is 13.2. The molecule has 4 bridgehead atoms. The van der Waals surface area contributed by atoms with E-state index in [1.165, 1.54) is 44.9 Å². The van der Waals surface area contributed by atoms with Crippen molar-refractivity contribution in [2.75, 3.05) is 19.6 Å². The van der Waals surface area contributed by atoms with Crippen molar-refractivity contribution in [1.29, 1.82) is 0 Å². The summed E-state index contributed by atoms with van der Waals surface area (Å²) in [5, 5.41) is 3.42. The fourth-order valence-electron chi connectivity index (χ4n) is 5.73. The smallest absolute Gasteiger partial charge is 0.222 e. The van der Waals surface area contributed by atoms with E-state index in [4.69, 9.17) is 0 Å². The Morgan fingerprint density at radius 2 is 1.62 bits per heavy atom.